The zero-order valence-electron chi connectivity index (χ0n) is 51.1. The van der Waals surface area contributed by atoms with Crippen molar-refractivity contribution in [3.63, 3.8) is 0 Å². The predicted molar refractivity (Wildman–Crippen MR) is 324 cm³/mol. The number of nitrogens with zero attached hydrogens (tertiary/aromatic N) is 2. The van der Waals surface area contributed by atoms with Gasteiger partial charge in [-0.25, -0.2) is 9.97 Å². The minimum absolute atomic E-state index is 0.145. The zero-order chi connectivity index (χ0) is 57.9. The van der Waals surface area contributed by atoms with Gasteiger partial charge in [-0.3, -0.25) is 19.2 Å². The molecule has 4 saturated carbocycles. The highest BCUT2D eigenvalue weighted by atomic mass is 16.6. The number of aromatic amines is 2. The Morgan fingerprint density at radius 2 is 0.659 bits per heavy atom. The van der Waals surface area contributed by atoms with Crippen molar-refractivity contribution in [2.24, 2.45) is 45.3 Å². The number of nitrogens with one attached hydrogen (secondary N) is 2. The minimum atomic E-state index is -0.462. The fourth-order valence-electron chi connectivity index (χ4n) is 15.8. The maximum absolute atomic E-state index is 14.7. The summed E-state index contributed by atoms with van der Waals surface area (Å²) in [7, 11) is 0. The van der Waals surface area contributed by atoms with Crippen LogP contribution in [0.3, 0.4) is 0 Å². The third kappa shape index (κ3) is 11.1. The summed E-state index contributed by atoms with van der Waals surface area (Å²) in [6, 6.07) is 8.51. The quantitative estimate of drug-likeness (QED) is 0.128. The third-order valence-electron chi connectivity index (χ3n) is 21.3. The van der Waals surface area contributed by atoms with E-state index in [0.717, 1.165) is 183 Å². The molecule has 2 N–H and O–H groups in total. The fraction of sp³-hybridized carbons (Fsp3) is 0.657. The molecule has 3 aromatic heterocycles. The molecule has 7 heterocycles. The first-order chi connectivity index (χ1) is 39.3. The number of hydrogen-bond acceptors (Lipinski definition) is 10. The maximum atomic E-state index is 14.7. The van der Waals surface area contributed by atoms with Crippen molar-refractivity contribution in [3.8, 4) is 0 Å². The molecule has 3 aromatic rings. The number of rotatable bonds is 2. The van der Waals surface area contributed by atoms with E-state index in [1.54, 1.807) is 0 Å². The van der Waals surface area contributed by atoms with E-state index < -0.39 is 45.3 Å². The van der Waals surface area contributed by atoms with Gasteiger partial charge in [0.05, 0.1) is 59.7 Å². The van der Waals surface area contributed by atoms with Crippen LogP contribution in [-0.2, 0) is 38.1 Å². The molecule has 0 aromatic carbocycles. The van der Waals surface area contributed by atoms with Crippen molar-refractivity contribution in [2.75, 3.05) is 13.2 Å². The van der Waals surface area contributed by atoms with Crippen molar-refractivity contribution >= 4 is 70.2 Å². The minimum Gasteiger partial charge on any atom is -0.465 e. The Kier molecular flexibility index (Phi) is 16.4. The first kappa shape index (κ1) is 58.3. The van der Waals surface area contributed by atoms with Crippen LogP contribution in [0.2, 0.25) is 0 Å². The number of H-pyrrole nitrogens is 2. The molecule has 0 radical (unpaired) electrons. The molecule has 0 spiro atoms. The molecule has 4 aliphatic carbocycles. The Balaban J connectivity index is 1.14. The predicted octanol–water partition coefficient (Wildman–Crippen LogP) is 16.4. The summed E-state index contributed by atoms with van der Waals surface area (Å²) >= 11 is 0. The van der Waals surface area contributed by atoms with Crippen LogP contribution in [0, 0.1) is 45.3 Å². The maximum Gasteiger partial charge on any atom is 0.310 e. The first-order valence-electron chi connectivity index (χ1n) is 32.2. The number of fused-ring (bicyclic) bond motifs is 16. The molecule has 12 nitrogen and oxygen atoms in total. The van der Waals surface area contributed by atoms with E-state index >= 15 is 0 Å². The Labute approximate surface area is 487 Å². The van der Waals surface area contributed by atoms with Gasteiger partial charge >= 0.3 is 23.9 Å². The number of hydrogen-bond donors (Lipinski definition) is 2. The van der Waals surface area contributed by atoms with E-state index in [-0.39, 0.29) is 59.8 Å². The molecule has 8 aliphatic rings. The lowest BCUT2D eigenvalue weighted by molar-refractivity contribution is -0.153. The van der Waals surface area contributed by atoms with E-state index in [1.165, 1.54) is 12.8 Å². The molecule has 4 aliphatic heterocycles. The summed E-state index contributed by atoms with van der Waals surface area (Å²) in [6.45, 7) is 22.4. The van der Waals surface area contributed by atoms with Gasteiger partial charge in [-0.05, 0) is 122 Å². The number of esters is 4. The van der Waals surface area contributed by atoms with Gasteiger partial charge in [0, 0.05) is 68.0 Å². The summed E-state index contributed by atoms with van der Waals surface area (Å²) in [6.07, 6.45) is 28.3. The zero-order valence-corrected chi connectivity index (χ0v) is 51.1. The van der Waals surface area contributed by atoms with Gasteiger partial charge in [0.1, 0.15) is 12.2 Å². The summed E-state index contributed by atoms with van der Waals surface area (Å²) in [5.74, 6) is -3.24. The molecule has 0 saturated heterocycles. The average Bonchev–Trinajstić information content (AvgIpc) is 3.36. The Morgan fingerprint density at radius 3 is 1.01 bits per heavy atom. The number of carbonyl (C=O) groups excluding carboxylic acids is 4. The number of cyclic esters (lactones) is 4. The SMILES string of the molecule is CCC1CCCCCCCCCCOC(=O)[C@@H]2[C@H](c3c4nc(c5c6ccc([nH]6)c(c6ccc([nH]6)c(c6nc3C=C6)[C@H]3[C@@H](C(=O)O1)C3(C)C)[C@H]1[C@@H](C(=O)OC(CC)CCCCCCCCCCOC(=O)[C@@H]3[C@H]5C3(C)C)C1(C)C)C=C4)C2(C)C. The van der Waals surface area contributed by atoms with Crippen molar-refractivity contribution in [1.29, 1.82) is 0 Å². The summed E-state index contributed by atoms with van der Waals surface area (Å²) in [5, 5.41) is 0. The second-order valence-electron chi connectivity index (χ2n) is 28.3. The highest BCUT2D eigenvalue weighted by molar-refractivity contribution is 5.91. The van der Waals surface area contributed by atoms with E-state index in [0.29, 0.717) is 13.2 Å². The van der Waals surface area contributed by atoms with Gasteiger partial charge in [-0.15, -0.1) is 0 Å². The van der Waals surface area contributed by atoms with Crippen LogP contribution in [0.1, 0.15) is 266 Å². The van der Waals surface area contributed by atoms with Gasteiger partial charge in [-0.2, -0.15) is 0 Å². The van der Waals surface area contributed by atoms with Gasteiger partial charge in [0.2, 0.25) is 0 Å². The monoisotopic (exact) mass is 1120 g/mol. The molecule has 12 bridgehead atoms. The van der Waals surface area contributed by atoms with Gasteiger partial charge in [-0.1, -0.05) is 146 Å². The second-order valence-corrected chi connectivity index (χ2v) is 28.3. The largest absolute Gasteiger partial charge is 0.465 e. The molecular formula is C70H94N4O8. The van der Waals surface area contributed by atoms with Crippen LogP contribution >= 0.6 is 0 Å². The van der Waals surface area contributed by atoms with Crippen molar-refractivity contribution in [1.82, 2.24) is 19.9 Å². The van der Waals surface area contributed by atoms with Crippen molar-refractivity contribution < 1.29 is 38.1 Å². The molecule has 82 heavy (non-hydrogen) atoms. The Hall–Kier alpha value is -5.52. The highest BCUT2D eigenvalue weighted by Crippen LogP contribution is 2.70. The van der Waals surface area contributed by atoms with Crippen molar-refractivity contribution in [3.05, 3.63) is 69.3 Å². The van der Waals surface area contributed by atoms with Crippen LogP contribution in [0.25, 0.3) is 46.4 Å². The third-order valence-corrected chi connectivity index (χ3v) is 21.3. The van der Waals surface area contributed by atoms with E-state index in [4.69, 9.17) is 28.9 Å². The van der Waals surface area contributed by atoms with Crippen LogP contribution in [0.4, 0.5) is 0 Å². The Morgan fingerprint density at radius 1 is 0.378 bits per heavy atom. The number of aromatic nitrogens is 4. The van der Waals surface area contributed by atoms with Gasteiger partial charge < -0.3 is 28.9 Å². The summed E-state index contributed by atoms with van der Waals surface area (Å²) in [4.78, 5) is 77.4. The molecule has 11 rings (SSSR count). The summed E-state index contributed by atoms with van der Waals surface area (Å²) < 4.78 is 25.3. The highest BCUT2D eigenvalue weighted by Gasteiger charge is 2.68. The number of carbonyl (C=O) groups is 4. The second kappa shape index (κ2) is 23.2. The first-order valence-corrected chi connectivity index (χ1v) is 32.2. The van der Waals surface area contributed by atoms with E-state index in [9.17, 15) is 19.2 Å². The lowest BCUT2D eigenvalue weighted by atomic mass is 10.00. The Bertz CT molecular complexity index is 3170. The normalized spacial score (nSPS) is 31.2. The molecule has 4 fully saturated rings. The van der Waals surface area contributed by atoms with E-state index in [2.05, 4.69) is 128 Å². The average molecular weight is 1120 g/mol. The van der Waals surface area contributed by atoms with E-state index in [1.807, 2.05) is 0 Å². The lowest BCUT2D eigenvalue weighted by Gasteiger charge is -2.17. The smallest absolute Gasteiger partial charge is 0.310 e. The van der Waals surface area contributed by atoms with Crippen LogP contribution in [-0.4, -0.2) is 69.2 Å². The standard InChI is InChI=1S/C70H94N4O8/c1-11-41-29-25-21-17-13-15-19-23-27-39-79-63(75)59-55(67(59,3)4)51-43-31-32-44(71-43)52-46-34-36-48(73-46)54(50-38-37-49(74-50)53(47-35-33-45(51)72-47)57-61(65(77)81-41)69(57,7)8)58-62(70(58,9)10)66(78)82-42(12-2)30-26-22-18-14-16-20-24-28-40-80-64(76)60-56(52)68(60,5)6/h31-38,41-42,55-62,72,74H,11-30,39-40H2,1-10H3/t41?,42?,55-,56-,57-,58-,59-,60-,61-,62-/m0/s1. The molecule has 442 valence electrons. The van der Waals surface area contributed by atoms with Gasteiger partial charge in [0.25, 0.3) is 0 Å². The molecule has 0 amide bonds. The lowest BCUT2D eigenvalue weighted by Crippen LogP contribution is -2.20. The summed E-state index contributed by atoms with van der Waals surface area (Å²) in [5.41, 5.74) is 8.25. The molecular weight excluding hydrogens is 1020 g/mol. The van der Waals surface area contributed by atoms with Crippen LogP contribution in [0.5, 0.6) is 0 Å². The van der Waals surface area contributed by atoms with Crippen LogP contribution < -0.4 is 0 Å². The molecule has 2 unspecified atom stereocenters. The van der Waals surface area contributed by atoms with Crippen LogP contribution in [0.15, 0.2) is 24.3 Å². The molecule has 10 atom stereocenters. The topological polar surface area (TPSA) is 163 Å². The number of ether oxygens (including phenoxy) is 4. The van der Waals surface area contributed by atoms with Crippen molar-refractivity contribution in [2.45, 2.75) is 234 Å². The van der Waals surface area contributed by atoms with Gasteiger partial charge in [0.15, 0.2) is 0 Å². The molecule has 12 heteroatoms. The fourth-order valence-corrected chi connectivity index (χ4v) is 15.8.